The van der Waals surface area contributed by atoms with E-state index < -0.39 is 0 Å². The Morgan fingerprint density at radius 2 is 2.24 bits per heavy atom. The molecular weight excluding hydrogens is 208 g/mol. The third-order valence-electron chi connectivity index (χ3n) is 4.24. The van der Waals surface area contributed by atoms with E-state index in [0.717, 1.165) is 12.6 Å². The predicted octanol–water partition coefficient (Wildman–Crippen LogP) is 2.49. The fraction of sp³-hybridized carbons (Fsp3) is 0.600. The number of rotatable bonds is 1. The van der Waals surface area contributed by atoms with Gasteiger partial charge >= 0.3 is 0 Å². The number of fused-ring (bicyclic) bond motifs is 1. The van der Waals surface area contributed by atoms with Crippen LogP contribution in [0.15, 0.2) is 24.3 Å². The zero-order valence-corrected chi connectivity index (χ0v) is 10.7. The van der Waals surface area contributed by atoms with Gasteiger partial charge in [0.1, 0.15) is 0 Å². The first kappa shape index (κ1) is 11.2. The molecule has 0 saturated carbocycles. The number of benzene rings is 1. The van der Waals surface area contributed by atoms with Crippen LogP contribution in [0.25, 0.3) is 0 Å². The standard InChI is InChI=1S/C15H22N2/c1-12-4-2-5-13(10-12)15-11-16-8-7-14-6-3-9-17(14)15/h2,4-5,10,14-16H,3,6-9,11H2,1H3. The summed E-state index contributed by atoms with van der Waals surface area (Å²) in [7, 11) is 0. The lowest BCUT2D eigenvalue weighted by Gasteiger charge is -2.31. The minimum absolute atomic E-state index is 0.588. The first-order chi connectivity index (χ1) is 8.34. The Morgan fingerprint density at radius 3 is 3.12 bits per heavy atom. The highest BCUT2D eigenvalue weighted by atomic mass is 15.2. The molecule has 1 aromatic carbocycles. The quantitative estimate of drug-likeness (QED) is 0.797. The zero-order chi connectivity index (χ0) is 11.7. The largest absolute Gasteiger partial charge is 0.315 e. The molecule has 1 aromatic rings. The molecule has 2 heterocycles. The van der Waals surface area contributed by atoms with Gasteiger partial charge in [0.05, 0.1) is 0 Å². The van der Waals surface area contributed by atoms with E-state index in [1.54, 1.807) is 0 Å². The highest BCUT2D eigenvalue weighted by Gasteiger charge is 2.32. The maximum atomic E-state index is 3.60. The summed E-state index contributed by atoms with van der Waals surface area (Å²) in [6.07, 6.45) is 4.10. The van der Waals surface area contributed by atoms with Crippen LogP contribution in [-0.4, -0.2) is 30.6 Å². The van der Waals surface area contributed by atoms with Crippen LogP contribution in [0, 0.1) is 6.92 Å². The van der Waals surface area contributed by atoms with E-state index in [9.17, 15) is 0 Å². The molecule has 92 valence electrons. The average molecular weight is 230 g/mol. The van der Waals surface area contributed by atoms with Gasteiger partial charge in [-0.25, -0.2) is 0 Å². The summed E-state index contributed by atoms with van der Waals surface area (Å²) in [5.41, 5.74) is 2.87. The van der Waals surface area contributed by atoms with Crippen molar-refractivity contribution >= 4 is 0 Å². The summed E-state index contributed by atoms with van der Waals surface area (Å²) in [5.74, 6) is 0. The van der Waals surface area contributed by atoms with E-state index in [1.807, 2.05) is 0 Å². The Bertz CT molecular complexity index is 388. The van der Waals surface area contributed by atoms with Crippen LogP contribution in [-0.2, 0) is 0 Å². The molecule has 2 saturated heterocycles. The normalized spacial score (nSPS) is 29.9. The van der Waals surface area contributed by atoms with Crippen molar-refractivity contribution in [3.8, 4) is 0 Å². The second-order valence-corrected chi connectivity index (χ2v) is 5.46. The Kier molecular flexibility index (Phi) is 3.17. The van der Waals surface area contributed by atoms with Crippen molar-refractivity contribution in [3.63, 3.8) is 0 Å². The van der Waals surface area contributed by atoms with Crippen LogP contribution < -0.4 is 5.32 Å². The van der Waals surface area contributed by atoms with E-state index in [2.05, 4.69) is 41.4 Å². The zero-order valence-electron chi connectivity index (χ0n) is 10.7. The fourth-order valence-corrected chi connectivity index (χ4v) is 3.39. The van der Waals surface area contributed by atoms with Crippen molar-refractivity contribution in [1.82, 2.24) is 10.2 Å². The number of nitrogens with zero attached hydrogens (tertiary/aromatic N) is 1. The van der Waals surface area contributed by atoms with E-state index in [-0.39, 0.29) is 0 Å². The number of nitrogens with one attached hydrogen (secondary N) is 1. The fourth-order valence-electron chi connectivity index (χ4n) is 3.39. The van der Waals surface area contributed by atoms with Crippen LogP contribution in [0.5, 0.6) is 0 Å². The molecule has 2 aliphatic rings. The molecular formula is C15H22N2. The molecule has 17 heavy (non-hydrogen) atoms. The van der Waals surface area contributed by atoms with E-state index in [0.29, 0.717) is 6.04 Å². The van der Waals surface area contributed by atoms with Gasteiger partial charge in [-0.05, 0) is 44.8 Å². The molecule has 2 atom stereocenters. The van der Waals surface area contributed by atoms with Crippen molar-refractivity contribution in [2.75, 3.05) is 19.6 Å². The molecule has 2 aliphatic heterocycles. The average Bonchev–Trinajstić information content (AvgIpc) is 2.69. The summed E-state index contributed by atoms with van der Waals surface area (Å²) >= 11 is 0. The van der Waals surface area contributed by atoms with Gasteiger partial charge in [-0.2, -0.15) is 0 Å². The Morgan fingerprint density at radius 1 is 1.29 bits per heavy atom. The van der Waals surface area contributed by atoms with Crippen LogP contribution in [0.1, 0.15) is 36.4 Å². The van der Waals surface area contributed by atoms with Gasteiger partial charge in [-0.3, -0.25) is 4.90 Å². The van der Waals surface area contributed by atoms with Crippen LogP contribution >= 0.6 is 0 Å². The van der Waals surface area contributed by atoms with Gasteiger partial charge in [-0.15, -0.1) is 0 Å². The molecule has 1 N–H and O–H groups in total. The smallest absolute Gasteiger partial charge is 0.0475 e. The van der Waals surface area contributed by atoms with E-state index in [4.69, 9.17) is 0 Å². The maximum Gasteiger partial charge on any atom is 0.0475 e. The maximum absolute atomic E-state index is 3.60. The molecule has 0 spiro atoms. The lowest BCUT2D eigenvalue weighted by Crippen LogP contribution is -2.34. The van der Waals surface area contributed by atoms with Crippen molar-refractivity contribution in [1.29, 1.82) is 0 Å². The highest BCUT2D eigenvalue weighted by Crippen LogP contribution is 2.32. The SMILES string of the molecule is Cc1cccc(C2CNCCC3CCCN32)c1. The van der Waals surface area contributed by atoms with E-state index in [1.165, 1.54) is 43.5 Å². The first-order valence-electron chi connectivity index (χ1n) is 6.87. The number of hydrogen-bond donors (Lipinski definition) is 1. The number of hydrogen-bond acceptors (Lipinski definition) is 2. The molecule has 3 rings (SSSR count). The summed E-state index contributed by atoms with van der Waals surface area (Å²) in [5, 5.41) is 3.60. The third-order valence-corrected chi connectivity index (χ3v) is 4.24. The second kappa shape index (κ2) is 4.79. The monoisotopic (exact) mass is 230 g/mol. The summed E-state index contributed by atoms with van der Waals surface area (Å²) < 4.78 is 0. The lowest BCUT2D eigenvalue weighted by molar-refractivity contribution is 0.192. The molecule has 0 bridgehead atoms. The van der Waals surface area contributed by atoms with Crippen molar-refractivity contribution in [3.05, 3.63) is 35.4 Å². The molecule has 0 radical (unpaired) electrons. The van der Waals surface area contributed by atoms with Gasteiger partial charge in [0.25, 0.3) is 0 Å². The molecule has 0 amide bonds. The van der Waals surface area contributed by atoms with Crippen LogP contribution in [0.2, 0.25) is 0 Å². The van der Waals surface area contributed by atoms with Crippen molar-refractivity contribution in [2.24, 2.45) is 0 Å². The van der Waals surface area contributed by atoms with Crippen LogP contribution in [0.3, 0.4) is 0 Å². The summed E-state index contributed by atoms with van der Waals surface area (Å²) in [6, 6.07) is 10.4. The Hall–Kier alpha value is -0.860. The minimum Gasteiger partial charge on any atom is -0.315 e. The van der Waals surface area contributed by atoms with Crippen molar-refractivity contribution in [2.45, 2.75) is 38.3 Å². The molecule has 2 nitrogen and oxygen atoms in total. The lowest BCUT2D eigenvalue weighted by atomic mass is 10.0. The topological polar surface area (TPSA) is 15.3 Å². The summed E-state index contributed by atoms with van der Waals surface area (Å²) in [4.78, 5) is 2.73. The summed E-state index contributed by atoms with van der Waals surface area (Å²) in [6.45, 7) is 5.77. The van der Waals surface area contributed by atoms with Gasteiger partial charge in [0.15, 0.2) is 0 Å². The molecule has 0 aromatic heterocycles. The van der Waals surface area contributed by atoms with Crippen LogP contribution in [0.4, 0.5) is 0 Å². The van der Waals surface area contributed by atoms with Gasteiger partial charge in [0.2, 0.25) is 0 Å². The van der Waals surface area contributed by atoms with Crippen molar-refractivity contribution < 1.29 is 0 Å². The Balaban J connectivity index is 1.89. The molecule has 2 heteroatoms. The third kappa shape index (κ3) is 2.24. The van der Waals surface area contributed by atoms with Gasteiger partial charge in [0, 0.05) is 18.6 Å². The first-order valence-corrected chi connectivity index (χ1v) is 6.87. The minimum atomic E-state index is 0.588. The molecule has 2 unspecified atom stereocenters. The highest BCUT2D eigenvalue weighted by molar-refractivity contribution is 5.26. The van der Waals surface area contributed by atoms with Gasteiger partial charge in [-0.1, -0.05) is 29.8 Å². The predicted molar refractivity (Wildman–Crippen MR) is 71.1 cm³/mol. The number of aryl methyl sites for hydroxylation is 1. The van der Waals surface area contributed by atoms with Gasteiger partial charge < -0.3 is 5.32 Å². The molecule has 0 aliphatic carbocycles. The van der Waals surface area contributed by atoms with E-state index >= 15 is 0 Å². The second-order valence-electron chi connectivity index (χ2n) is 5.46. The Labute approximate surface area is 104 Å². The molecule has 2 fully saturated rings.